The Kier molecular flexibility index (Phi) is 2.91. The van der Waals surface area contributed by atoms with Gasteiger partial charge in [0.05, 0.1) is 6.04 Å². The Morgan fingerprint density at radius 2 is 2.33 bits per heavy atom. The van der Waals surface area contributed by atoms with Gasteiger partial charge in [0.2, 0.25) is 5.90 Å². The monoisotopic (exact) mass is 224 g/mol. The zero-order valence-corrected chi connectivity index (χ0v) is 9.53. The Hall–Kier alpha value is -1.09. The van der Waals surface area contributed by atoms with Gasteiger partial charge in [-0.25, -0.2) is 4.99 Å². The first-order valence-electron chi connectivity index (χ1n) is 4.99. The van der Waals surface area contributed by atoms with Crippen LogP contribution in [0.25, 0.3) is 0 Å². The van der Waals surface area contributed by atoms with Crippen LogP contribution in [0.15, 0.2) is 23.3 Å². The van der Waals surface area contributed by atoms with E-state index in [1.54, 1.807) is 18.3 Å². The number of hydrogen-bond donors (Lipinski definition) is 0. The first kappa shape index (κ1) is 10.4. The predicted molar refractivity (Wildman–Crippen MR) is 60.4 cm³/mol. The third-order valence-corrected chi connectivity index (χ3v) is 2.62. The molecule has 1 aromatic rings. The number of rotatable bonds is 2. The van der Waals surface area contributed by atoms with E-state index in [2.05, 4.69) is 23.8 Å². The van der Waals surface area contributed by atoms with Gasteiger partial charge in [-0.1, -0.05) is 25.4 Å². The van der Waals surface area contributed by atoms with E-state index >= 15 is 0 Å². The van der Waals surface area contributed by atoms with Crippen LogP contribution in [0.4, 0.5) is 0 Å². The minimum atomic E-state index is 0.237. The molecule has 15 heavy (non-hydrogen) atoms. The van der Waals surface area contributed by atoms with Gasteiger partial charge in [0.15, 0.2) is 0 Å². The van der Waals surface area contributed by atoms with Crippen molar-refractivity contribution in [3.8, 4) is 0 Å². The maximum atomic E-state index is 5.87. The van der Waals surface area contributed by atoms with Crippen LogP contribution in [0.5, 0.6) is 0 Å². The molecule has 2 rings (SSSR count). The molecule has 0 radical (unpaired) electrons. The average molecular weight is 225 g/mol. The Morgan fingerprint density at radius 3 is 2.93 bits per heavy atom. The zero-order chi connectivity index (χ0) is 10.8. The lowest BCUT2D eigenvalue weighted by molar-refractivity contribution is 0.291. The van der Waals surface area contributed by atoms with Crippen molar-refractivity contribution in [2.45, 2.75) is 19.9 Å². The van der Waals surface area contributed by atoms with Crippen LogP contribution in [0.2, 0.25) is 5.02 Å². The summed E-state index contributed by atoms with van der Waals surface area (Å²) < 4.78 is 5.50. The van der Waals surface area contributed by atoms with Gasteiger partial charge in [-0.3, -0.25) is 4.98 Å². The molecule has 0 amide bonds. The third kappa shape index (κ3) is 2.29. The van der Waals surface area contributed by atoms with Crippen molar-refractivity contribution < 1.29 is 4.74 Å². The summed E-state index contributed by atoms with van der Waals surface area (Å²) in [6, 6.07) is 3.74. The lowest BCUT2D eigenvalue weighted by atomic mass is 10.1. The number of halogens is 1. The average Bonchev–Trinajstić information content (AvgIpc) is 2.66. The fourth-order valence-corrected chi connectivity index (χ4v) is 1.55. The van der Waals surface area contributed by atoms with Crippen LogP contribution in [-0.4, -0.2) is 23.5 Å². The number of aliphatic imine (C=N–C) groups is 1. The summed E-state index contributed by atoms with van der Waals surface area (Å²) in [6.45, 7) is 4.90. The Balaban J connectivity index is 2.22. The fraction of sp³-hybridized carbons (Fsp3) is 0.455. The summed E-state index contributed by atoms with van der Waals surface area (Å²) in [7, 11) is 0. The van der Waals surface area contributed by atoms with Crippen molar-refractivity contribution in [2.75, 3.05) is 6.61 Å². The molecule has 1 atom stereocenters. The zero-order valence-electron chi connectivity index (χ0n) is 8.77. The van der Waals surface area contributed by atoms with E-state index in [1.807, 2.05) is 0 Å². The van der Waals surface area contributed by atoms with Gasteiger partial charge in [-0.2, -0.15) is 0 Å². The molecule has 0 aromatic carbocycles. The molecule has 1 aromatic heterocycles. The van der Waals surface area contributed by atoms with E-state index in [-0.39, 0.29) is 6.04 Å². The number of ether oxygens (including phenoxy) is 1. The topological polar surface area (TPSA) is 34.5 Å². The van der Waals surface area contributed by atoms with Crippen LogP contribution >= 0.6 is 11.6 Å². The lowest BCUT2D eigenvalue weighted by Gasteiger charge is -2.06. The molecule has 0 saturated carbocycles. The van der Waals surface area contributed by atoms with Crippen LogP contribution in [0, 0.1) is 5.92 Å². The van der Waals surface area contributed by atoms with Gasteiger partial charge >= 0.3 is 0 Å². The predicted octanol–water partition coefficient (Wildman–Crippen LogP) is 2.54. The second kappa shape index (κ2) is 4.19. The van der Waals surface area contributed by atoms with E-state index in [4.69, 9.17) is 16.3 Å². The summed E-state index contributed by atoms with van der Waals surface area (Å²) in [5.41, 5.74) is 0.714. The minimum absolute atomic E-state index is 0.237. The quantitative estimate of drug-likeness (QED) is 0.774. The molecule has 0 spiro atoms. The van der Waals surface area contributed by atoms with Crippen molar-refractivity contribution in [3.63, 3.8) is 0 Å². The van der Waals surface area contributed by atoms with Gasteiger partial charge in [0, 0.05) is 11.2 Å². The highest BCUT2D eigenvalue weighted by molar-refractivity contribution is 6.30. The van der Waals surface area contributed by atoms with Crippen molar-refractivity contribution in [1.29, 1.82) is 0 Å². The first-order chi connectivity index (χ1) is 7.16. The molecule has 80 valence electrons. The van der Waals surface area contributed by atoms with Crippen molar-refractivity contribution in [3.05, 3.63) is 29.0 Å². The molecule has 0 fully saturated rings. The molecule has 1 aliphatic heterocycles. The SMILES string of the molecule is CC(C)C1COC(c2cc(Cl)ccn2)=N1. The normalized spacial score (nSPS) is 20.3. The van der Waals surface area contributed by atoms with Gasteiger partial charge in [-0.05, 0) is 18.1 Å². The van der Waals surface area contributed by atoms with Gasteiger partial charge in [0.1, 0.15) is 12.3 Å². The number of nitrogens with zero attached hydrogens (tertiary/aromatic N) is 2. The molecule has 0 aliphatic carbocycles. The summed E-state index contributed by atoms with van der Waals surface area (Å²) in [4.78, 5) is 8.65. The molecule has 0 saturated heterocycles. The summed E-state index contributed by atoms with van der Waals surface area (Å²) in [5, 5.41) is 0.652. The summed E-state index contributed by atoms with van der Waals surface area (Å²) in [5.74, 6) is 1.10. The fourth-order valence-electron chi connectivity index (χ4n) is 1.39. The molecular weight excluding hydrogens is 212 g/mol. The van der Waals surface area contributed by atoms with Crippen LogP contribution in [0.3, 0.4) is 0 Å². The summed E-state index contributed by atoms with van der Waals surface area (Å²) in [6.07, 6.45) is 1.66. The molecule has 0 bridgehead atoms. The highest BCUT2D eigenvalue weighted by Crippen LogP contribution is 2.18. The Morgan fingerprint density at radius 1 is 1.53 bits per heavy atom. The van der Waals surface area contributed by atoms with E-state index in [9.17, 15) is 0 Å². The number of hydrogen-bond acceptors (Lipinski definition) is 3. The number of pyridine rings is 1. The molecule has 3 nitrogen and oxygen atoms in total. The van der Waals surface area contributed by atoms with E-state index in [0.29, 0.717) is 29.1 Å². The van der Waals surface area contributed by atoms with Crippen molar-refractivity contribution in [1.82, 2.24) is 4.98 Å². The van der Waals surface area contributed by atoms with E-state index in [1.165, 1.54) is 0 Å². The van der Waals surface area contributed by atoms with Gasteiger partial charge in [0.25, 0.3) is 0 Å². The van der Waals surface area contributed by atoms with Crippen LogP contribution in [-0.2, 0) is 4.74 Å². The lowest BCUT2D eigenvalue weighted by Crippen LogP contribution is -2.13. The second-order valence-corrected chi connectivity index (χ2v) is 4.35. The van der Waals surface area contributed by atoms with Crippen LogP contribution in [0.1, 0.15) is 19.5 Å². The molecule has 1 unspecified atom stereocenters. The highest BCUT2D eigenvalue weighted by atomic mass is 35.5. The van der Waals surface area contributed by atoms with E-state index in [0.717, 1.165) is 0 Å². The first-order valence-corrected chi connectivity index (χ1v) is 5.37. The molecule has 4 heteroatoms. The smallest absolute Gasteiger partial charge is 0.235 e. The molecule has 0 N–H and O–H groups in total. The maximum absolute atomic E-state index is 5.87. The summed E-state index contributed by atoms with van der Waals surface area (Å²) >= 11 is 5.87. The Bertz CT molecular complexity index is 390. The highest BCUT2D eigenvalue weighted by Gasteiger charge is 2.23. The largest absolute Gasteiger partial charge is 0.474 e. The standard InChI is InChI=1S/C11H13ClN2O/c1-7(2)10-6-15-11(14-10)9-5-8(12)3-4-13-9/h3-5,7,10H,6H2,1-2H3. The molecule has 2 heterocycles. The van der Waals surface area contributed by atoms with Gasteiger partial charge < -0.3 is 4.74 Å². The van der Waals surface area contributed by atoms with Crippen molar-refractivity contribution in [2.24, 2.45) is 10.9 Å². The number of aromatic nitrogens is 1. The second-order valence-electron chi connectivity index (χ2n) is 3.92. The third-order valence-electron chi connectivity index (χ3n) is 2.38. The maximum Gasteiger partial charge on any atom is 0.235 e. The molecule has 1 aliphatic rings. The Labute approximate surface area is 94.1 Å². The molecular formula is C11H13ClN2O. The van der Waals surface area contributed by atoms with Crippen molar-refractivity contribution >= 4 is 17.5 Å². The minimum Gasteiger partial charge on any atom is -0.474 e. The van der Waals surface area contributed by atoms with Gasteiger partial charge in [-0.15, -0.1) is 0 Å². The van der Waals surface area contributed by atoms with E-state index < -0.39 is 0 Å². The van der Waals surface area contributed by atoms with Crippen LogP contribution < -0.4 is 0 Å².